The van der Waals surface area contributed by atoms with E-state index >= 15 is 0 Å². The lowest BCUT2D eigenvalue weighted by Gasteiger charge is -2.38. The topological polar surface area (TPSA) is 54.1 Å². The molecule has 1 aromatic heterocycles. The van der Waals surface area contributed by atoms with E-state index < -0.39 is 5.41 Å². The predicted molar refractivity (Wildman–Crippen MR) is 110 cm³/mol. The van der Waals surface area contributed by atoms with Crippen molar-refractivity contribution in [3.63, 3.8) is 0 Å². The van der Waals surface area contributed by atoms with E-state index in [4.69, 9.17) is 4.74 Å². The Morgan fingerprint density at radius 2 is 1.93 bits per heavy atom. The van der Waals surface area contributed by atoms with Crippen molar-refractivity contribution in [1.29, 1.82) is 0 Å². The molecule has 1 fully saturated rings. The normalized spacial score (nSPS) is 20.9. The van der Waals surface area contributed by atoms with Crippen molar-refractivity contribution in [2.75, 3.05) is 13.2 Å². The fraction of sp³-hybridized carbons (Fsp3) is 0.375. The molecule has 5 heteroatoms. The predicted octanol–water partition coefficient (Wildman–Crippen LogP) is 4.55. The van der Waals surface area contributed by atoms with E-state index in [1.165, 1.54) is 6.07 Å². The number of ether oxygens (including phenoxy) is 1. The number of aryl methyl sites for hydroxylation is 1. The molecular formula is C24H25FN2O2. The summed E-state index contributed by atoms with van der Waals surface area (Å²) >= 11 is 0. The largest absolute Gasteiger partial charge is 0.381 e. The van der Waals surface area contributed by atoms with Crippen LogP contribution in [0.3, 0.4) is 0 Å². The minimum Gasteiger partial charge on any atom is -0.381 e. The first-order valence-electron chi connectivity index (χ1n) is 10.4. The average Bonchev–Trinajstić information content (AvgIpc) is 3.14. The monoisotopic (exact) mass is 392 g/mol. The fourth-order valence-corrected chi connectivity index (χ4v) is 5.00. The smallest absolute Gasteiger partial charge is 0.231 e. The zero-order chi connectivity index (χ0) is 19.8. The van der Waals surface area contributed by atoms with Crippen LogP contribution in [0.2, 0.25) is 0 Å². The summed E-state index contributed by atoms with van der Waals surface area (Å²) in [5.74, 6) is -0.162. The van der Waals surface area contributed by atoms with E-state index in [-0.39, 0.29) is 17.8 Å². The number of H-pyrrole nitrogens is 1. The molecule has 4 nitrogen and oxygen atoms in total. The van der Waals surface area contributed by atoms with Crippen LogP contribution in [0.15, 0.2) is 48.5 Å². The second kappa shape index (κ2) is 7.30. The van der Waals surface area contributed by atoms with Crippen molar-refractivity contribution in [3.8, 4) is 0 Å². The molecule has 150 valence electrons. The molecule has 1 unspecified atom stereocenters. The van der Waals surface area contributed by atoms with E-state index in [2.05, 4.69) is 10.3 Å². The molecule has 1 amide bonds. The molecule has 1 atom stereocenters. The third-order valence-corrected chi connectivity index (χ3v) is 6.58. The van der Waals surface area contributed by atoms with Gasteiger partial charge in [-0.25, -0.2) is 4.39 Å². The minimum absolute atomic E-state index is 0.0645. The summed E-state index contributed by atoms with van der Waals surface area (Å²) in [4.78, 5) is 17.1. The van der Waals surface area contributed by atoms with Gasteiger partial charge in [-0.1, -0.05) is 30.3 Å². The lowest BCUT2D eigenvalue weighted by molar-refractivity contribution is -0.131. The number of carbonyl (C=O) groups excluding carboxylic acids is 1. The third-order valence-electron chi connectivity index (χ3n) is 6.58. The first-order valence-corrected chi connectivity index (χ1v) is 10.4. The molecule has 29 heavy (non-hydrogen) atoms. The highest BCUT2D eigenvalue weighted by Crippen LogP contribution is 2.39. The lowest BCUT2D eigenvalue weighted by Crippen LogP contribution is -2.49. The Bertz CT molecular complexity index is 1040. The van der Waals surface area contributed by atoms with Gasteiger partial charge in [0.2, 0.25) is 5.91 Å². The number of aromatic amines is 1. The summed E-state index contributed by atoms with van der Waals surface area (Å²) in [7, 11) is 0. The van der Waals surface area contributed by atoms with Crippen LogP contribution < -0.4 is 5.32 Å². The van der Waals surface area contributed by atoms with Crippen LogP contribution in [0.4, 0.5) is 4.39 Å². The van der Waals surface area contributed by atoms with Gasteiger partial charge in [0.25, 0.3) is 0 Å². The SMILES string of the molecule is O=C(NC1CCCc2c1[nH]c1ccc(F)cc21)C1(c2ccccc2)CCOCC1. The maximum atomic E-state index is 13.8. The van der Waals surface area contributed by atoms with Gasteiger partial charge in [-0.3, -0.25) is 4.79 Å². The zero-order valence-electron chi connectivity index (χ0n) is 16.3. The van der Waals surface area contributed by atoms with Crippen LogP contribution in [0.5, 0.6) is 0 Å². The zero-order valence-corrected chi connectivity index (χ0v) is 16.3. The average molecular weight is 392 g/mol. The number of aromatic nitrogens is 1. The van der Waals surface area contributed by atoms with Crippen LogP contribution in [0.25, 0.3) is 10.9 Å². The van der Waals surface area contributed by atoms with Crippen LogP contribution >= 0.6 is 0 Å². The van der Waals surface area contributed by atoms with E-state index in [1.807, 2.05) is 30.3 Å². The molecule has 1 aliphatic heterocycles. The Labute approximate surface area is 169 Å². The second-order valence-corrected chi connectivity index (χ2v) is 8.19. The standard InChI is InChI=1S/C24H25FN2O2/c25-17-9-10-20-19(15-17)18-7-4-8-21(22(18)26-20)27-23(28)24(11-13-29-14-12-24)16-5-2-1-3-6-16/h1-3,5-6,9-10,15,21,26H,4,7-8,11-14H2,(H,27,28). The number of fused-ring (bicyclic) bond motifs is 3. The highest BCUT2D eigenvalue weighted by molar-refractivity contribution is 5.90. The maximum absolute atomic E-state index is 13.8. The molecular weight excluding hydrogens is 367 g/mol. The van der Waals surface area contributed by atoms with Crippen molar-refractivity contribution in [2.24, 2.45) is 0 Å². The maximum Gasteiger partial charge on any atom is 0.231 e. The van der Waals surface area contributed by atoms with E-state index in [0.717, 1.165) is 47.0 Å². The summed E-state index contributed by atoms with van der Waals surface area (Å²) in [5.41, 5.74) is 3.59. The number of rotatable bonds is 3. The molecule has 3 aromatic rings. The number of halogens is 1. The molecule has 0 radical (unpaired) electrons. The van der Waals surface area contributed by atoms with Crippen LogP contribution in [-0.4, -0.2) is 24.1 Å². The number of hydrogen-bond donors (Lipinski definition) is 2. The molecule has 1 saturated heterocycles. The molecule has 0 saturated carbocycles. The Morgan fingerprint density at radius 1 is 1.14 bits per heavy atom. The van der Waals surface area contributed by atoms with Crippen molar-refractivity contribution in [3.05, 3.63) is 71.2 Å². The summed E-state index contributed by atoms with van der Waals surface area (Å²) < 4.78 is 19.3. The Morgan fingerprint density at radius 3 is 2.72 bits per heavy atom. The van der Waals surface area contributed by atoms with E-state index in [9.17, 15) is 9.18 Å². The van der Waals surface area contributed by atoms with Gasteiger partial charge >= 0.3 is 0 Å². The number of nitrogens with one attached hydrogen (secondary N) is 2. The molecule has 2 heterocycles. The molecule has 2 aliphatic rings. The quantitative estimate of drug-likeness (QED) is 0.687. The second-order valence-electron chi connectivity index (χ2n) is 8.19. The highest BCUT2D eigenvalue weighted by Gasteiger charge is 2.43. The summed E-state index contributed by atoms with van der Waals surface area (Å²) in [5, 5.41) is 4.27. The Balaban J connectivity index is 1.49. The van der Waals surface area contributed by atoms with Gasteiger partial charge in [0.05, 0.1) is 11.5 Å². The van der Waals surface area contributed by atoms with E-state index in [0.29, 0.717) is 26.1 Å². The van der Waals surface area contributed by atoms with Gasteiger partial charge in [-0.2, -0.15) is 0 Å². The van der Waals surface area contributed by atoms with Crippen LogP contribution in [0.1, 0.15) is 48.5 Å². The van der Waals surface area contributed by atoms with Gasteiger partial charge in [0, 0.05) is 29.8 Å². The van der Waals surface area contributed by atoms with Crippen molar-refractivity contribution in [1.82, 2.24) is 10.3 Å². The van der Waals surface area contributed by atoms with Crippen molar-refractivity contribution in [2.45, 2.75) is 43.6 Å². The number of hydrogen-bond acceptors (Lipinski definition) is 2. The minimum atomic E-state index is -0.560. The lowest BCUT2D eigenvalue weighted by atomic mass is 9.73. The molecule has 2 aromatic carbocycles. The van der Waals surface area contributed by atoms with Crippen molar-refractivity contribution >= 4 is 16.8 Å². The Hall–Kier alpha value is -2.66. The highest BCUT2D eigenvalue weighted by atomic mass is 19.1. The van der Waals surface area contributed by atoms with Crippen LogP contribution in [0, 0.1) is 5.82 Å². The Kier molecular flexibility index (Phi) is 4.63. The summed E-state index contributed by atoms with van der Waals surface area (Å²) in [6, 6.07) is 14.8. The van der Waals surface area contributed by atoms with Gasteiger partial charge in [0.15, 0.2) is 0 Å². The number of carbonyl (C=O) groups is 1. The van der Waals surface area contributed by atoms with Gasteiger partial charge in [-0.15, -0.1) is 0 Å². The molecule has 0 spiro atoms. The van der Waals surface area contributed by atoms with Gasteiger partial charge < -0.3 is 15.0 Å². The molecule has 0 bridgehead atoms. The van der Waals surface area contributed by atoms with Gasteiger partial charge in [0.1, 0.15) is 5.82 Å². The first kappa shape index (κ1) is 18.4. The van der Waals surface area contributed by atoms with E-state index in [1.54, 1.807) is 12.1 Å². The number of amides is 1. The first-order chi connectivity index (χ1) is 14.2. The van der Waals surface area contributed by atoms with Gasteiger partial charge in [-0.05, 0) is 61.4 Å². The summed E-state index contributed by atoms with van der Waals surface area (Å²) in [6.45, 7) is 1.17. The van der Waals surface area contributed by atoms with Crippen LogP contribution in [-0.2, 0) is 21.4 Å². The number of benzene rings is 2. The third kappa shape index (κ3) is 3.14. The molecule has 1 aliphatic carbocycles. The molecule has 5 rings (SSSR count). The summed E-state index contributed by atoms with van der Waals surface area (Å²) in [6.07, 6.45) is 4.13. The fourth-order valence-electron chi connectivity index (χ4n) is 5.00. The molecule has 2 N–H and O–H groups in total. The van der Waals surface area contributed by atoms with Crippen molar-refractivity contribution < 1.29 is 13.9 Å².